The van der Waals surface area contributed by atoms with E-state index in [9.17, 15) is 4.79 Å². The highest BCUT2D eigenvalue weighted by molar-refractivity contribution is 6.36. The first kappa shape index (κ1) is 20.5. The normalized spacial score (nSPS) is 12.7. The average Bonchev–Trinajstić information content (AvgIpc) is 3.42. The maximum Gasteiger partial charge on any atom is 0.275 e. The molecule has 32 heavy (non-hydrogen) atoms. The molecular formula is C23H18Cl2N6O. The fourth-order valence-electron chi connectivity index (χ4n) is 3.76. The number of rotatable bonds is 4. The van der Waals surface area contributed by atoms with Gasteiger partial charge in [-0.15, -0.1) is 0 Å². The van der Waals surface area contributed by atoms with Crippen LogP contribution in [0.4, 0.5) is 17.2 Å². The van der Waals surface area contributed by atoms with Gasteiger partial charge < -0.3 is 10.2 Å². The Balaban J connectivity index is 1.48. The molecule has 4 aromatic rings. The first-order valence-electron chi connectivity index (χ1n) is 10.0. The van der Waals surface area contributed by atoms with Crippen molar-refractivity contribution >= 4 is 46.3 Å². The van der Waals surface area contributed by atoms with Crippen LogP contribution in [-0.2, 0) is 6.42 Å². The number of amides is 1. The Morgan fingerprint density at radius 2 is 1.84 bits per heavy atom. The summed E-state index contributed by atoms with van der Waals surface area (Å²) >= 11 is 12.5. The first-order chi connectivity index (χ1) is 15.5. The molecule has 0 atom stereocenters. The summed E-state index contributed by atoms with van der Waals surface area (Å²) in [6, 6.07) is 14.7. The van der Waals surface area contributed by atoms with Crippen molar-refractivity contribution in [3.63, 3.8) is 0 Å². The number of nitrogens with one attached hydrogen (secondary N) is 1. The second kappa shape index (κ2) is 8.26. The van der Waals surface area contributed by atoms with Crippen LogP contribution in [0.3, 0.4) is 0 Å². The molecule has 0 fully saturated rings. The second-order valence-electron chi connectivity index (χ2n) is 7.38. The van der Waals surface area contributed by atoms with Gasteiger partial charge in [-0.05, 0) is 43.7 Å². The van der Waals surface area contributed by atoms with Crippen LogP contribution in [0.25, 0.3) is 5.82 Å². The van der Waals surface area contributed by atoms with Crippen molar-refractivity contribution in [2.45, 2.75) is 13.3 Å². The standard InChI is InChI=1S/C23H18Cl2N6O/c1-14-27-21(30-12-19(26-13-30)23(32)29-16-5-3-2-4-6-16)17-9-10-31(22(17)28-14)20-8-7-15(24)11-18(20)25/h2-8,11-13H,9-10H2,1H3,(H,29,32). The smallest absolute Gasteiger partial charge is 0.275 e. The molecule has 0 aliphatic carbocycles. The lowest BCUT2D eigenvalue weighted by molar-refractivity contribution is 0.102. The molecule has 1 amide bonds. The molecule has 0 spiro atoms. The molecule has 0 radical (unpaired) electrons. The maximum absolute atomic E-state index is 12.6. The third-order valence-corrected chi connectivity index (χ3v) is 5.75. The number of para-hydroxylation sites is 1. The van der Waals surface area contributed by atoms with E-state index in [2.05, 4.69) is 25.2 Å². The number of fused-ring (bicyclic) bond motifs is 1. The van der Waals surface area contributed by atoms with Gasteiger partial charge in [-0.1, -0.05) is 41.4 Å². The Hall–Kier alpha value is -3.42. The minimum Gasteiger partial charge on any atom is -0.324 e. The Morgan fingerprint density at radius 3 is 2.62 bits per heavy atom. The molecule has 3 heterocycles. The van der Waals surface area contributed by atoms with E-state index in [4.69, 9.17) is 23.2 Å². The van der Waals surface area contributed by atoms with Crippen LogP contribution in [0.2, 0.25) is 10.0 Å². The SMILES string of the molecule is Cc1nc2c(c(-n3cnc(C(=O)Nc4ccccc4)c3)n1)CCN2c1ccc(Cl)cc1Cl. The molecule has 2 aromatic heterocycles. The summed E-state index contributed by atoms with van der Waals surface area (Å²) in [4.78, 5) is 28.3. The fourth-order valence-corrected chi connectivity index (χ4v) is 4.27. The van der Waals surface area contributed by atoms with Crippen LogP contribution in [0.15, 0.2) is 61.1 Å². The van der Waals surface area contributed by atoms with E-state index in [1.165, 1.54) is 0 Å². The number of anilines is 3. The fraction of sp³-hybridized carbons (Fsp3) is 0.130. The molecule has 9 heteroatoms. The number of carbonyl (C=O) groups is 1. The lowest BCUT2D eigenvalue weighted by atomic mass is 10.2. The summed E-state index contributed by atoms with van der Waals surface area (Å²) in [5.41, 5.74) is 2.82. The van der Waals surface area contributed by atoms with E-state index in [0.717, 1.165) is 23.5 Å². The number of halogens is 2. The Kier molecular flexibility index (Phi) is 5.28. The molecule has 0 saturated carbocycles. The molecule has 1 aliphatic heterocycles. The van der Waals surface area contributed by atoms with Crippen molar-refractivity contribution in [3.8, 4) is 5.82 Å². The van der Waals surface area contributed by atoms with Gasteiger partial charge in [0.15, 0.2) is 0 Å². The number of carbonyl (C=O) groups excluding carboxylic acids is 1. The van der Waals surface area contributed by atoms with Gasteiger partial charge in [-0.2, -0.15) is 0 Å². The lowest BCUT2D eigenvalue weighted by Crippen LogP contribution is -2.15. The Morgan fingerprint density at radius 1 is 1.06 bits per heavy atom. The van der Waals surface area contributed by atoms with Gasteiger partial charge in [-0.3, -0.25) is 9.36 Å². The quantitative estimate of drug-likeness (QED) is 0.447. The third kappa shape index (κ3) is 3.81. The van der Waals surface area contributed by atoms with E-state index in [1.807, 2.05) is 49.4 Å². The third-order valence-electron chi connectivity index (χ3n) is 5.21. The molecule has 7 nitrogen and oxygen atoms in total. The monoisotopic (exact) mass is 464 g/mol. The van der Waals surface area contributed by atoms with Crippen LogP contribution >= 0.6 is 23.2 Å². The molecule has 0 unspecified atom stereocenters. The van der Waals surface area contributed by atoms with Crippen LogP contribution < -0.4 is 10.2 Å². The molecular weight excluding hydrogens is 447 g/mol. The zero-order valence-electron chi connectivity index (χ0n) is 17.1. The number of nitrogens with zero attached hydrogens (tertiary/aromatic N) is 5. The molecule has 160 valence electrons. The number of aryl methyl sites for hydroxylation is 1. The largest absolute Gasteiger partial charge is 0.324 e. The van der Waals surface area contributed by atoms with Crippen molar-refractivity contribution in [2.75, 3.05) is 16.8 Å². The van der Waals surface area contributed by atoms with Crippen molar-refractivity contribution in [3.05, 3.63) is 88.2 Å². The molecule has 0 saturated heterocycles. The number of benzene rings is 2. The highest BCUT2D eigenvalue weighted by Crippen LogP contribution is 2.39. The number of hydrogen-bond acceptors (Lipinski definition) is 5. The van der Waals surface area contributed by atoms with Gasteiger partial charge in [0.25, 0.3) is 5.91 Å². The lowest BCUT2D eigenvalue weighted by Gasteiger charge is -2.20. The van der Waals surface area contributed by atoms with Gasteiger partial charge in [0, 0.05) is 29.0 Å². The van der Waals surface area contributed by atoms with Crippen LogP contribution in [0.5, 0.6) is 0 Å². The maximum atomic E-state index is 12.6. The molecule has 0 bridgehead atoms. The average molecular weight is 465 g/mol. The second-order valence-corrected chi connectivity index (χ2v) is 8.22. The summed E-state index contributed by atoms with van der Waals surface area (Å²) in [7, 11) is 0. The predicted octanol–water partition coefficient (Wildman–Crippen LogP) is 5.22. The van der Waals surface area contributed by atoms with E-state index < -0.39 is 0 Å². The topological polar surface area (TPSA) is 75.9 Å². The van der Waals surface area contributed by atoms with Crippen molar-refractivity contribution in [2.24, 2.45) is 0 Å². The summed E-state index contributed by atoms with van der Waals surface area (Å²) in [6.07, 6.45) is 4.01. The predicted molar refractivity (Wildman–Crippen MR) is 125 cm³/mol. The van der Waals surface area contributed by atoms with Gasteiger partial charge in [0.2, 0.25) is 0 Å². The minimum atomic E-state index is -0.285. The van der Waals surface area contributed by atoms with E-state index >= 15 is 0 Å². The van der Waals surface area contributed by atoms with E-state index in [-0.39, 0.29) is 5.91 Å². The van der Waals surface area contributed by atoms with Gasteiger partial charge in [0.1, 0.15) is 29.5 Å². The first-order valence-corrected chi connectivity index (χ1v) is 10.8. The van der Waals surface area contributed by atoms with E-state index in [0.29, 0.717) is 39.6 Å². The Labute approximate surface area is 194 Å². The highest BCUT2D eigenvalue weighted by Gasteiger charge is 2.28. The number of aromatic nitrogens is 4. The van der Waals surface area contributed by atoms with Gasteiger partial charge >= 0.3 is 0 Å². The molecule has 1 aliphatic rings. The van der Waals surface area contributed by atoms with Crippen LogP contribution in [0, 0.1) is 6.92 Å². The Bertz CT molecular complexity index is 1320. The summed E-state index contributed by atoms with van der Waals surface area (Å²) in [6.45, 7) is 2.54. The summed E-state index contributed by atoms with van der Waals surface area (Å²) in [5, 5.41) is 3.99. The van der Waals surface area contributed by atoms with Crippen molar-refractivity contribution < 1.29 is 4.79 Å². The number of imidazole rings is 1. The van der Waals surface area contributed by atoms with Gasteiger partial charge in [-0.25, -0.2) is 15.0 Å². The molecule has 5 rings (SSSR count). The zero-order chi connectivity index (χ0) is 22.2. The van der Waals surface area contributed by atoms with Crippen LogP contribution in [0.1, 0.15) is 21.9 Å². The number of hydrogen-bond donors (Lipinski definition) is 1. The molecule has 2 aromatic carbocycles. The molecule has 1 N–H and O–H groups in total. The highest BCUT2D eigenvalue weighted by atomic mass is 35.5. The van der Waals surface area contributed by atoms with Crippen LogP contribution in [-0.4, -0.2) is 32.0 Å². The summed E-state index contributed by atoms with van der Waals surface area (Å²) < 4.78 is 1.76. The van der Waals surface area contributed by atoms with E-state index in [1.54, 1.807) is 23.2 Å². The summed E-state index contributed by atoms with van der Waals surface area (Å²) in [5.74, 6) is 1.82. The van der Waals surface area contributed by atoms with Crippen molar-refractivity contribution in [1.29, 1.82) is 0 Å². The van der Waals surface area contributed by atoms with Crippen molar-refractivity contribution in [1.82, 2.24) is 19.5 Å². The van der Waals surface area contributed by atoms with Gasteiger partial charge in [0.05, 0.1) is 10.7 Å². The minimum absolute atomic E-state index is 0.285. The zero-order valence-corrected chi connectivity index (χ0v) is 18.6.